The number of carbonyl (C=O) groups is 1. The highest BCUT2D eigenvalue weighted by Crippen LogP contribution is 2.29. The highest BCUT2D eigenvalue weighted by molar-refractivity contribution is 7.11. The zero-order valence-corrected chi connectivity index (χ0v) is 13.1. The number of hydrogen-bond acceptors (Lipinski definition) is 4. The summed E-state index contributed by atoms with van der Waals surface area (Å²) in [4.78, 5) is 20.1. The molecule has 0 aromatic carbocycles. The van der Waals surface area contributed by atoms with Crippen LogP contribution in [0.3, 0.4) is 0 Å². The standard InChI is InChI=1S/C15H23N3OS/c1-10-14(20-11(2)16-10)9-18-7-5-13(6-8-18)17-15(19)12-3-4-12/h12-13H,3-9H2,1-2H3,(H,17,19). The number of hydrogen-bond donors (Lipinski definition) is 1. The van der Waals surface area contributed by atoms with E-state index in [1.54, 1.807) is 0 Å². The van der Waals surface area contributed by atoms with Gasteiger partial charge in [0.15, 0.2) is 0 Å². The fourth-order valence-corrected chi connectivity index (χ4v) is 3.80. The summed E-state index contributed by atoms with van der Waals surface area (Å²) in [5.74, 6) is 0.619. The number of carbonyl (C=O) groups excluding carboxylic acids is 1. The first-order chi connectivity index (χ1) is 9.61. The van der Waals surface area contributed by atoms with Crippen molar-refractivity contribution in [3.63, 3.8) is 0 Å². The van der Waals surface area contributed by atoms with E-state index in [1.807, 2.05) is 11.3 Å². The highest BCUT2D eigenvalue weighted by atomic mass is 32.1. The Hall–Kier alpha value is -0.940. The van der Waals surface area contributed by atoms with Gasteiger partial charge in [0.1, 0.15) is 0 Å². The predicted molar refractivity (Wildman–Crippen MR) is 80.8 cm³/mol. The van der Waals surface area contributed by atoms with Crippen LogP contribution in [0.2, 0.25) is 0 Å². The minimum atomic E-state index is 0.289. The second-order valence-electron chi connectivity index (χ2n) is 6.07. The molecule has 0 unspecified atom stereocenters. The summed E-state index contributed by atoms with van der Waals surface area (Å²) < 4.78 is 0. The molecule has 1 saturated heterocycles. The highest BCUT2D eigenvalue weighted by Gasteiger charge is 2.31. The van der Waals surface area contributed by atoms with Gasteiger partial charge in [-0.3, -0.25) is 9.69 Å². The molecule has 1 aromatic rings. The molecule has 0 atom stereocenters. The lowest BCUT2D eigenvalue weighted by molar-refractivity contribution is -0.123. The summed E-state index contributed by atoms with van der Waals surface area (Å²) in [6.45, 7) is 7.33. The first-order valence-corrected chi connectivity index (χ1v) is 8.39. The summed E-state index contributed by atoms with van der Waals surface area (Å²) in [6.07, 6.45) is 4.34. The van der Waals surface area contributed by atoms with E-state index in [9.17, 15) is 4.79 Å². The number of rotatable bonds is 4. The largest absolute Gasteiger partial charge is 0.353 e. The van der Waals surface area contributed by atoms with Gasteiger partial charge < -0.3 is 5.32 Å². The topological polar surface area (TPSA) is 45.2 Å². The van der Waals surface area contributed by atoms with Crippen LogP contribution in [0, 0.1) is 19.8 Å². The number of piperidine rings is 1. The molecule has 3 rings (SSSR count). The third-order valence-corrected chi connectivity index (χ3v) is 5.31. The van der Waals surface area contributed by atoms with Crippen molar-refractivity contribution >= 4 is 17.2 Å². The van der Waals surface area contributed by atoms with E-state index in [0.29, 0.717) is 12.0 Å². The van der Waals surface area contributed by atoms with E-state index in [1.165, 1.54) is 10.6 Å². The van der Waals surface area contributed by atoms with Gasteiger partial charge in [0.25, 0.3) is 0 Å². The summed E-state index contributed by atoms with van der Waals surface area (Å²) in [6, 6.07) is 0.392. The lowest BCUT2D eigenvalue weighted by Gasteiger charge is -2.32. The lowest BCUT2D eigenvalue weighted by atomic mass is 10.0. The number of likely N-dealkylation sites (tertiary alicyclic amines) is 1. The van der Waals surface area contributed by atoms with Crippen LogP contribution in [0.5, 0.6) is 0 Å². The van der Waals surface area contributed by atoms with Gasteiger partial charge in [-0.2, -0.15) is 0 Å². The van der Waals surface area contributed by atoms with Gasteiger partial charge in [-0.05, 0) is 39.5 Å². The first kappa shape index (κ1) is 14.0. The van der Waals surface area contributed by atoms with E-state index >= 15 is 0 Å². The van der Waals surface area contributed by atoms with Crippen molar-refractivity contribution in [3.05, 3.63) is 15.6 Å². The maximum absolute atomic E-state index is 11.8. The van der Waals surface area contributed by atoms with E-state index < -0.39 is 0 Å². The number of nitrogens with zero attached hydrogens (tertiary/aromatic N) is 2. The normalized spacial score (nSPS) is 21.1. The Morgan fingerprint density at radius 3 is 2.55 bits per heavy atom. The van der Waals surface area contributed by atoms with Crippen LogP contribution < -0.4 is 5.32 Å². The molecule has 20 heavy (non-hydrogen) atoms. The van der Waals surface area contributed by atoms with Gasteiger partial charge >= 0.3 is 0 Å². The van der Waals surface area contributed by atoms with Crippen molar-refractivity contribution < 1.29 is 4.79 Å². The van der Waals surface area contributed by atoms with Crippen LogP contribution in [-0.2, 0) is 11.3 Å². The molecule has 0 radical (unpaired) electrons. The third-order valence-electron chi connectivity index (χ3n) is 4.25. The van der Waals surface area contributed by atoms with E-state index in [-0.39, 0.29) is 5.91 Å². The molecule has 2 fully saturated rings. The van der Waals surface area contributed by atoms with Crippen molar-refractivity contribution in [2.24, 2.45) is 5.92 Å². The van der Waals surface area contributed by atoms with Crippen LogP contribution in [0.1, 0.15) is 41.3 Å². The number of thiazole rings is 1. The molecule has 1 aliphatic heterocycles. The minimum absolute atomic E-state index is 0.289. The maximum Gasteiger partial charge on any atom is 0.223 e. The average Bonchev–Trinajstić information content (AvgIpc) is 3.20. The first-order valence-electron chi connectivity index (χ1n) is 7.57. The molecule has 2 heterocycles. The van der Waals surface area contributed by atoms with Crippen molar-refractivity contribution in [2.45, 2.75) is 52.1 Å². The van der Waals surface area contributed by atoms with Crippen LogP contribution in [0.25, 0.3) is 0 Å². The molecule has 4 nitrogen and oxygen atoms in total. The Morgan fingerprint density at radius 1 is 1.30 bits per heavy atom. The molecule has 5 heteroatoms. The Balaban J connectivity index is 1.46. The van der Waals surface area contributed by atoms with Gasteiger partial charge in [0, 0.05) is 36.5 Å². The van der Waals surface area contributed by atoms with Gasteiger partial charge in [-0.1, -0.05) is 0 Å². The zero-order chi connectivity index (χ0) is 14.1. The number of aromatic nitrogens is 1. The van der Waals surface area contributed by atoms with Crippen molar-refractivity contribution in [3.8, 4) is 0 Å². The Labute approximate surface area is 124 Å². The molecule has 1 aromatic heterocycles. The van der Waals surface area contributed by atoms with Crippen LogP contribution in [0.4, 0.5) is 0 Å². The SMILES string of the molecule is Cc1nc(C)c(CN2CCC(NC(=O)C3CC3)CC2)s1. The van der Waals surface area contributed by atoms with Gasteiger partial charge in [0.05, 0.1) is 10.7 Å². The summed E-state index contributed by atoms with van der Waals surface area (Å²) in [7, 11) is 0. The van der Waals surface area contributed by atoms with Crippen LogP contribution in [-0.4, -0.2) is 34.9 Å². The van der Waals surface area contributed by atoms with Crippen molar-refractivity contribution in [1.82, 2.24) is 15.2 Å². The number of aryl methyl sites for hydroxylation is 2. The molecule has 2 aliphatic rings. The van der Waals surface area contributed by atoms with Crippen LogP contribution in [0.15, 0.2) is 0 Å². The molecule has 1 N–H and O–H groups in total. The summed E-state index contributed by atoms with van der Waals surface area (Å²) in [5, 5.41) is 4.36. The second kappa shape index (κ2) is 5.82. The van der Waals surface area contributed by atoms with Crippen molar-refractivity contribution in [1.29, 1.82) is 0 Å². The van der Waals surface area contributed by atoms with E-state index in [0.717, 1.165) is 50.3 Å². The molecule has 0 spiro atoms. The predicted octanol–water partition coefficient (Wildman–Crippen LogP) is 2.25. The zero-order valence-electron chi connectivity index (χ0n) is 12.3. The third kappa shape index (κ3) is 3.38. The van der Waals surface area contributed by atoms with Gasteiger partial charge in [-0.15, -0.1) is 11.3 Å². The molecule has 1 aliphatic carbocycles. The number of nitrogens with one attached hydrogen (secondary N) is 1. The summed E-state index contributed by atoms with van der Waals surface area (Å²) >= 11 is 1.81. The molecule has 110 valence electrons. The average molecular weight is 293 g/mol. The van der Waals surface area contributed by atoms with Gasteiger partial charge in [0.2, 0.25) is 5.91 Å². The van der Waals surface area contributed by atoms with E-state index in [4.69, 9.17) is 0 Å². The van der Waals surface area contributed by atoms with E-state index in [2.05, 4.69) is 29.0 Å². The lowest BCUT2D eigenvalue weighted by Crippen LogP contribution is -2.44. The second-order valence-corrected chi connectivity index (χ2v) is 7.36. The monoisotopic (exact) mass is 293 g/mol. The Kier molecular flexibility index (Phi) is 4.08. The molecule has 0 bridgehead atoms. The molecule has 1 saturated carbocycles. The fraction of sp³-hybridized carbons (Fsp3) is 0.733. The minimum Gasteiger partial charge on any atom is -0.353 e. The van der Waals surface area contributed by atoms with Crippen molar-refractivity contribution in [2.75, 3.05) is 13.1 Å². The van der Waals surface area contributed by atoms with Gasteiger partial charge in [-0.25, -0.2) is 4.98 Å². The summed E-state index contributed by atoms with van der Waals surface area (Å²) in [5.41, 5.74) is 1.18. The smallest absolute Gasteiger partial charge is 0.223 e. The fourth-order valence-electron chi connectivity index (χ4n) is 2.82. The Bertz CT molecular complexity index is 487. The Morgan fingerprint density at radius 2 is 2.00 bits per heavy atom. The van der Waals surface area contributed by atoms with Crippen LogP contribution >= 0.6 is 11.3 Å². The molecule has 1 amide bonds. The molecular formula is C15H23N3OS. The molecular weight excluding hydrogens is 270 g/mol. The quantitative estimate of drug-likeness (QED) is 0.926. The number of amides is 1. The maximum atomic E-state index is 11.8.